The number of nitrogens with zero attached hydrogens (tertiary/aromatic N) is 2. The molecule has 268 valence electrons. The second-order valence-electron chi connectivity index (χ2n) is 13.6. The fraction of sp³-hybridized carbons (Fsp3) is 0.436. The Labute approximate surface area is 296 Å². The van der Waals surface area contributed by atoms with Crippen LogP contribution >= 0.6 is 0 Å². The van der Waals surface area contributed by atoms with Crippen molar-refractivity contribution in [2.45, 2.75) is 89.2 Å². The van der Waals surface area contributed by atoms with Crippen LogP contribution in [0, 0.1) is 0 Å². The quantitative estimate of drug-likeness (QED) is 0.101. The predicted molar refractivity (Wildman–Crippen MR) is 197 cm³/mol. The van der Waals surface area contributed by atoms with Crippen LogP contribution in [0.15, 0.2) is 95.9 Å². The van der Waals surface area contributed by atoms with Gasteiger partial charge in [-0.05, 0) is 72.0 Å². The molecule has 4 aromatic rings. The molecule has 5 rings (SSSR count). The molecule has 0 amide bonds. The van der Waals surface area contributed by atoms with Gasteiger partial charge in [0, 0.05) is 18.7 Å². The monoisotopic (exact) mass is 701 g/mol. The molecule has 1 aliphatic heterocycles. The van der Waals surface area contributed by atoms with Gasteiger partial charge in [-0.15, -0.1) is 0 Å². The molecule has 3 atom stereocenters. The summed E-state index contributed by atoms with van der Waals surface area (Å²) in [6.07, 6.45) is 0.340. The van der Waals surface area contributed by atoms with Gasteiger partial charge in [0.1, 0.15) is 35.2 Å². The Balaban J connectivity index is 1.62. The largest absolute Gasteiger partial charge is 0.497 e. The molecule has 0 aliphatic carbocycles. The highest BCUT2D eigenvalue weighted by molar-refractivity contribution is 6.70. The van der Waals surface area contributed by atoms with E-state index in [4.69, 9.17) is 33.5 Å². The fourth-order valence-electron chi connectivity index (χ4n) is 6.92. The Bertz CT molecular complexity index is 1670. The van der Waals surface area contributed by atoms with Gasteiger partial charge in [0.2, 0.25) is 0 Å². The highest BCUT2D eigenvalue weighted by atomic mass is 28.4. The van der Waals surface area contributed by atoms with Crippen molar-refractivity contribution in [2.24, 2.45) is 0 Å². The van der Waals surface area contributed by atoms with E-state index in [9.17, 15) is 4.79 Å². The third-order valence-electron chi connectivity index (χ3n) is 9.34. The minimum absolute atomic E-state index is 0.0286. The molecule has 0 unspecified atom stereocenters. The number of hydrogen-bond donors (Lipinski definition) is 1. The zero-order chi connectivity index (χ0) is 36.1. The Morgan fingerprint density at radius 3 is 1.86 bits per heavy atom. The first kappa shape index (κ1) is 37.3. The topological polar surface area (TPSA) is 116 Å². The number of benzene rings is 3. The summed E-state index contributed by atoms with van der Waals surface area (Å²) in [5.74, 6) is 1.62. The molecule has 2 N–H and O–H groups in total. The van der Waals surface area contributed by atoms with Crippen LogP contribution < -0.4 is 20.9 Å². The molecular formula is C39H51N3O7Si. The first-order chi connectivity index (χ1) is 23.9. The third-order valence-corrected chi connectivity index (χ3v) is 14.1. The Kier molecular flexibility index (Phi) is 11.9. The van der Waals surface area contributed by atoms with Crippen molar-refractivity contribution in [1.82, 2.24) is 9.55 Å². The Hall–Kier alpha value is -4.00. The maximum Gasteiger partial charge on any atom is 0.351 e. The number of aromatic nitrogens is 2. The molecule has 0 spiro atoms. The smallest absolute Gasteiger partial charge is 0.351 e. The average Bonchev–Trinajstić information content (AvgIpc) is 3.50. The van der Waals surface area contributed by atoms with Crippen LogP contribution in [0.5, 0.6) is 11.5 Å². The van der Waals surface area contributed by atoms with Gasteiger partial charge in [0.05, 0.1) is 26.9 Å². The van der Waals surface area contributed by atoms with E-state index in [1.807, 2.05) is 80.6 Å². The molecular weight excluding hydrogens is 651 g/mol. The maximum atomic E-state index is 13.0. The van der Waals surface area contributed by atoms with Crippen molar-refractivity contribution >= 4 is 14.4 Å². The highest BCUT2D eigenvalue weighted by Gasteiger charge is 2.51. The molecule has 0 saturated carbocycles. The van der Waals surface area contributed by atoms with Crippen LogP contribution in [0.1, 0.15) is 70.9 Å². The molecule has 3 aromatic carbocycles. The van der Waals surface area contributed by atoms with Crippen molar-refractivity contribution in [3.05, 3.63) is 118 Å². The second kappa shape index (κ2) is 15.9. The first-order valence-corrected chi connectivity index (χ1v) is 19.2. The van der Waals surface area contributed by atoms with Crippen molar-refractivity contribution in [3.8, 4) is 11.5 Å². The second-order valence-corrected chi connectivity index (χ2v) is 17.8. The zero-order valence-corrected chi connectivity index (χ0v) is 31.4. The van der Waals surface area contributed by atoms with Gasteiger partial charge in [-0.2, -0.15) is 4.98 Å². The highest BCUT2D eigenvalue weighted by Crippen LogP contribution is 2.45. The maximum absolute atomic E-state index is 13.0. The standard InChI is InChI=1S/C39H51N3O7Si/c1-26(2)48-50(27(3)4,28(5)6)49-34-24-37(42-23-22-36(40)41-38(42)43)47-35(34)25-46-39(29-12-10-9-11-13-29,30-14-18-32(44-7)19-15-30)31-16-20-33(45-8)21-17-31/h9-23,26-28,34-35,37H,24-25H2,1-8H3,(H2,40,41,43)/t34-,35+,37+/m0/s1. The molecule has 1 aromatic heterocycles. The first-order valence-electron chi connectivity index (χ1n) is 17.3. The van der Waals surface area contributed by atoms with E-state index in [0.29, 0.717) is 6.42 Å². The number of rotatable bonds is 15. The lowest BCUT2D eigenvalue weighted by molar-refractivity contribution is -0.0957. The lowest BCUT2D eigenvalue weighted by Gasteiger charge is -2.42. The Morgan fingerprint density at radius 2 is 1.38 bits per heavy atom. The summed E-state index contributed by atoms with van der Waals surface area (Å²) in [4.78, 5) is 17.0. The average molecular weight is 702 g/mol. The third kappa shape index (κ3) is 7.67. The van der Waals surface area contributed by atoms with Gasteiger partial charge in [0.25, 0.3) is 0 Å². The number of hydrogen-bond acceptors (Lipinski definition) is 9. The minimum Gasteiger partial charge on any atom is -0.497 e. The minimum atomic E-state index is -2.85. The van der Waals surface area contributed by atoms with Crippen LogP contribution in [-0.4, -0.2) is 57.3 Å². The van der Waals surface area contributed by atoms with E-state index < -0.39 is 38.3 Å². The van der Waals surface area contributed by atoms with Crippen LogP contribution in [0.4, 0.5) is 5.82 Å². The molecule has 1 fully saturated rings. The van der Waals surface area contributed by atoms with E-state index in [2.05, 4.69) is 44.8 Å². The summed E-state index contributed by atoms with van der Waals surface area (Å²) in [5, 5.41) is 0. The molecule has 10 nitrogen and oxygen atoms in total. The zero-order valence-electron chi connectivity index (χ0n) is 30.4. The molecule has 11 heteroatoms. The van der Waals surface area contributed by atoms with Gasteiger partial charge < -0.3 is 33.5 Å². The summed E-state index contributed by atoms with van der Waals surface area (Å²) in [5.41, 5.74) is 7.31. The van der Waals surface area contributed by atoms with Crippen LogP contribution in [0.2, 0.25) is 11.1 Å². The van der Waals surface area contributed by atoms with E-state index in [0.717, 1.165) is 28.2 Å². The summed E-state index contributed by atoms with van der Waals surface area (Å²) in [6.45, 7) is 12.9. The van der Waals surface area contributed by atoms with E-state index in [1.165, 1.54) is 4.57 Å². The SMILES string of the molecule is COc1ccc(C(OC[C@H]2O[C@@H](n3ccc(N)nc3=O)C[C@@H]2O[Si](OC(C)C)(C(C)C)C(C)C)(c2ccccc2)c2ccc(OC)cc2)cc1. The lowest BCUT2D eigenvalue weighted by atomic mass is 9.80. The number of nitrogens with two attached hydrogens (primary N) is 1. The number of methoxy groups -OCH3 is 2. The van der Waals surface area contributed by atoms with Crippen LogP contribution in [0.3, 0.4) is 0 Å². The van der Waals surface area contributed by atoms with Crippen molar-refractivity contribution in [3.63, 3.8) is 0 Å². The van der Waals surface area contributed by atoms with Gasteiger partial charge in [0.15, 0.2) is 0 Å². The summed E-state index contributed by atoms with van der Waals surface area (Å²) >= 11 is 0. The van der Waals surface area contributed by atoms with Crippen LogP contribution in [-0.2, 0) is 23.9 Å². The predicted octanol–water partition coefficient (Wildman–Crippen LogP) is 7.21. The summed E-state index contributed by atoms with van der Waals surface area (Å²) in [7, 11) is 0.450. The van der Waals surface area contributed by atoms with E-state index >= 15 is 0 Å². The van der Waals surface area contributed by atoms with E-state index in [-0.39, 0.29) is 29.6 Å². The molecule has 1 saturated heterocycles. The van der Waals surface area contributed by atoms with Crippen molar-refractivity contribution < 1.29 is 27.8 Å². The Morgan fingerprint density at radius 1 is 0.840 bits per heavy atom. The van der Waals surface area contributed by atoms with Gasteiger partial charge >= 0.3 is 14.3 Å². The number of ether oxygens (including phenoxy) is 4. The van der Waals surface area contributed by atoms with Gasteiger partial charge in [-0.25, -0.2) is 4.79 Å². The van der Waals surface area contributed by atoms with E-state index in [1.54, 1.807) is 26.5 Å². The van der Waals surface area contributed by atoms with Crippen molar-refractivity contribution in [2.75, 3.05) is 26.6 Å². The molecule has 50 heavy (non-hydrogen) atoms. The van der Waals surface area contributed by atoms with Gasteiger partial charge in [-0.1, -0.05) is 82.3 Å². The van der Waals surface area contributed by atoms with Gasteiger partial charge in [-0.3, -0.25) is 4.57 Å². The molecule has 0 bridgehead atoms. The summed E-state index contributed by atoms with van der Waals surface area (Å²) < 4.78 is 40.5. The molecule has 2 heterocycles. The normalized spacial score (nSPS) is 18.3. The lowest BCUT2D eigenvalue weighted by Crippen LogP contribution is -2.53. The summed E-state index contributed by atoms with van der Waals surface area (Å²) in [6, 6.07) is 27.5. The number of nitrogen functional groups attached to an aromatic ring is 1. The molecule has 1 aliphatic rings. The van der Waals surface area contributed by atoms with Crippen molar-refractivity contribution in [1.29, 1.82) is 0 Å². The number of anilines is 1. The molecule has 0 radical (unpaired) electrons. The van der Waals surface area contributed by atoms with Crippen LogP contribution in [0.25, 0.3) is 0 Å². The fourth-order valence-corrected chi connectivity index (χ4v) is 10.9.